The number of nitrogens with one attached hydrogen (secondary N) is 1. The fourth-order valence-corrected chi connectivity index (χ4v) is 2.81. The third-order valence-corrected chi connectivity index (χ3v) is 3.87. The molecule has 0 bridgehead atoms. The fraction of sp³-hybridized carbons (Fsp3) is 0. The van der Waals surface area contributed by atoms with Gasteiger partial charge < -0.3 is 11.1 Å². The molecule has 0 spiro atoms. The lowest BCUT2D eigenvalue weighted by atomic mass is 10.1. The van der Waals surface area contributed by atoms with Gasteiger partial charge in [0.05, 0.1) is 10.7 Å². The Morgan fingerprint density at radius 2 is 1.86 bits per heavy atom. The molecule has 2 aromatic rings. The Bertz CT molecular complexity index is 717. The second-order valence-electron chi connectivity index (χ2n) is 4.17. The Balaban J connectivity index is 2.31. The molecule has 0 saturated carbocycles. The van der Waals surface area contributed by atoms with E-state index in [1.165, 1.54) is 0 Å². The smallest absolute Gasteiger partial charge is 0.255 e. The molecule has 0 radical (unpaired) electrons. The van der Waals surface area contributed by atoms with E-state index in [2.05, 4.69) is 21.2 Å². The number of halogens is 3. The molecular weight excluding hydrogens is 395 g/mol. The lowest BCUT2D eigenvalue weighted by molar-refractivity contribution is 0.102. The Morgan fingerprint density at radius 1 is 1.14 bits per heavy atom. The highest BCUT2D eigenvalue weighted by Crippen LogP contribution is 2.25. The van der Waals surface area contributed by atoms with Crippen LogP contribution in [0.2, 0.25) is 10.0 Å². The number of carbonyl (C=O) groups is 1. The van der Waals surface area contributed by atoms with Crippen molar-refractivity contribution in [2.75, 3.05) is 5.32 Å². The first kappa shape index (κ1) is 16.2. The number of nitrogens with two attached hydrogens (primary N) is 1. The average Bonchev–Trinajstić information content (AvgIpc) is 2.39. The van der Waals surface area contributed by atoms with Crippen molar-refractivity contribution in [1.82, 2.24) is 0 Å². The Labute approximate surface area is 145 Å². The van der Waals surface area contributed by atoms with Crippen LogP contribution in [-0.4, -0.2) is 10.9 Å². The molecule has 0 unspecified atom stereocenters. The van der Waals surface area contributed by atoms with E-state index in [9.17, 15) is 4.79 Å². The van der Waals surface area contributed by atoms with E-state index >= 15 is 0 Å². The summed E-state index contributed by atoms with van der Waals surface area (Å²) >= 11 is 20.2. The van der Waals surface area contributed by atoms with E-state index in [1.807, 2.05) is 0 Å². The maximum Gasteiger partial charge on any atom is 0.255 e. The van der Waals surface area contributed by atoms with E-state index in [1.54, 1.807) is 36.4 Å². The van der Waals surface area contributed by atoms with Crippen LogP contribution in [0.5, 0.6) is 0 Å². The van der Waals surface area contributed by atoms with Gasteiger partial charge in [-0.15, -0.1) is 0 Å². The van der Waals surface area contributed by atoms with Crippen LogP contribution in [0.1, 0.15) is 15.9 Å². The van der Waals surface area contributed by atoms with Crippen molar-refractivity contribution in [2.45, 2.75) is 0 Å². The average molecular weight is 404 g/mol. The number of hydrogen-bond donors (Lipinski definition) is 2. The summed E-state index contributed by atoms with van der Waals surface area (Å²) in [5.41, 5.74) is 7.03. The molecule has 2 aromatic carbocycles. The van der Waals surface area contributed by atoms with E-state index in [0.717, 1.165) is 0 Å². The van der Waals surface area contributed by atoms with Crippen molar-refractivity contribution in [3.05, 3.63) is 62.0 Å². The molecule has 1 amide bonds. The first-order chi connectivity index (χ1) is 9.86. The van der Waals surface area contributed by atoms with Gasteiger partial charge in [-0.2, -0.15) is 0 Å². The predicted octanol–water partition coefficient (Wildman–Crippen LogP) is 4.64. The number of benzene rings is 2. The van der Waals surface area contributed by atoms with Gasteiger partial charge in [-0.1, -0.05) is 57.4 Å². The number of carbonyl (C=O) groups excluding carboxylic acids is 1. The summed E-state index contributed by atoms with van der Waals surface area (Å²) in [6, 6.07) is 9.86. The number of amides is 1. The van der Waals surface area contributed by atoms with E-state index in [0.29, 0.717) is 31.3 Å². The Morgan fingerprint density at radius 3 is 2.48 bits per heavy atom. The van der Waals surface area contributed by atoms with Gasteiger partial charge in [0, 0.05) is 20.6 Å². The topological polar surface area (TPSA) is 55.1 Å². The maximum absolute atomic E-state index is 12.2. The van der Waals surface area contributed by atoms with E-state index < -0.39 is 0 Å². The van der Waals surface area contributed by atoms with E-state index in [-0.39, 0.29) is 10.9 Å². The molecule has 108 valence electrons. The van der Waals surface area contributed by atoms with Gasteiger partial charge in [0.15, 0.2) is 0 Å². The summed E-state index contributed by atoms with van der Waals surface area (Å²) in [5, 5.41) is 3.56. The molecule has 21 heavy (non-hydrogen) atoms. The van der Waals surface area contributed by atoms with Crippen LogP contribution in [0.25, 0.3) is 0 Å². The third-order valence-electron chi connectivity index (χ3n) is 2.62. The van der Waals surface area contributed by atoms with Crippen molar-refractivity contribution >= 4 is 67.9 Å². The molecule has 0 aliphatic carbocycles. The zero-order chi connectivity index (χ0) is 15.6. The van der Waals surface area contributed by atoms with E-state index in [4.69, 9.17) is 41.2 Å². The van der Waals surface area contributed by atoms with Crippen LogP contribution in [0.4, 0.5) is 5.69 Å². The molecule has 3 nitrogen and oxygen atoms in total. The molecule has 0 atom stereocenters. The van der Waals surface area contributed by atoms with Crippen LogP contribution in [0, 0.1) is 0 Å². The second kappa shape index (κ2) is 6.75. The molecule has 0 heterocycles. The zero-order valence-electron chi connectivity index (χ0n) is 10.5. The standard InChI is InChI=1S/C14H9BrCl2N2OS/c15-9-3-8(4-10(16)6-9)14(20)19-12-5-7(13(18)21)1-2-11(12)17/h1-6H,(H2,18,21)(H,19,20). The molecule has 0 saturated heterocycles. The molecule has 0 fully saturated rings. The SMILES string of the molecule is NC(=S)c1ccc(Cl)c(NC(=O)c2cc(Cl)cc(Br)c2)c1. The fourth-order valence-electron chi connectivity index (χ4n) is 1.65. The second-order valence-corrected chi connectivity index (χ2v) is 6.37. The van der Waals surface area contributed by atoms with Crippen molar-refractivity contribution < 1.29 is 4.79 Å². The summed E-state index contributed by atoms with van der Waals surface area (Å²) < 4.78 is 0.711. The van der Waals surface area contributed by atoms with Crippen LogP contribution >= 0.6 is 51.3 Å². The quantitative estimate of drug-likeness (QED) is 0.733. The number of thiocarbonyl (C=S) groups is 1. The highest BCUT2D eigenvalue weighted by Gasteiger charge is 2.11. The lowest BCUT2D eigenvalue weighted by Crippen LogP contribution is -2.14. The first-order valence-corrected chi connectivity index (χ1v) is 7.69. The molecule has 3 N–H and O–H groups in total. The number of hydrogen-bond acceptors (Lipinski definition) is 2. The van der Waals surface area contributed by atoms with Gasteiger partial charge in [0.2, 0.25) is 0 Å². The van der Waals surface area contributed by atoms with Crippen LogP contribution in [0.15, 0.2) is 40.9 Å². The largest absolute Gasteiger partial charge is 0.389 e. The lowest BCUT2D eigenvalue weighted by Gasteiger charge is -2.09. The molecular formula is C14H9BrCl2N2OS. The maximum atomic E-state index is 12.2. The van der Waals surface area contributed by atoms with Crippen molar-refractivity contribution in [1.29, 1.82) is 0 Å². The highest BCUT2D eigenvalue weighted by molar-refractivity contribution is 9.10. The molecule has 0 aliphatic rings. The summed E-state index contributed by atoms with van der Waals surface area (Å²) in [6.07, 6.45) is 0. The minimum Gasteiger partial charge on any atom is -0.389 e. The minimum atomic E-state index is -0.333. The van der Waals surface area contributed by atoms with Gasteiger partial charge in [0.1, 0.15) is 4.99 Å². The summed E-state index contributed by atoms with van der Waals surface area (Å²) in [5.74, 6) is -0.333. The zero-order valence-corrected chi connectivity index (χ0v) is 14.4. The Hall–Kier alpha value is -1.14. The molecule has 2 rings (SSSR count). The third kappa shape index (κ3) is 4.17. The normalized spacial score (nSPS) is 10.2. The van der Waals surface area contributed by atoms with Crippen LogP contribution < -0.4 is 11.1 Å². The van der Waals surface area contributed by atoms with Gasteiger partial charge >= 0.3 is 0 Å². The highest BCUT2D eigenvalue weighted by atomic mass is 79.9. The summed E-state index contributed by atoms with van der Waals surface area (Å²) in [6.45, 7) is 0. The van der Waals surface area contributed by atoms with Gasteiger partial charge in [-0.3, -0.25) is 4.79 Å². The minimum absolute atomic E-state index is 0.229. The van der Waals surface area contributed by atoms with Crippen LogP contribution in [-0.2, 0) is 0 Å². The molecule has 0 aromatic heterocycles. The first-order valence-electron chi connectivity index (χ1n) is 5.73. The summed E-state index contributed by atoms with van der Waals surface area (Å²) in [7, 11) is 0. The van der Waals surface area contributed by atoms with Crippen molar-refractivity contribution in [3.8, 4) is 0 Å². The monoisotopic (exact) mass is 402 g/mol. The molecule has 0 aliphatic heterocycles. The van der Waals surface area contributed by atoms with Gasteiger partial charge in [0.25, 0.3) is 5.91 Å². The predicted molar refractivity (Wildman–Crippen MR) is 94.4 cm³/mol. The van der Waals surface area contributed by atoms with Crippen LogP contribution in [0.3, 0.4) is 0 Å². The number of rotatable bonds is 3. The summed E-state index contributed by atoms with van der Waals surface area (Å²) in [4.78, 5) is 12.5. The van der Waals surface area contributed by atoms with Crippen molar-refractivity contribution in [3.63, 3.8) is 0 Å². The Kier molecular flexibility index (Phi) is 5.22. The van der Waals surface area contributed by atoms with Gasteiger partial charge in [-0.05, 0) is 30.3 Å². The van der Waals surface area contributed by atoms with Gasteiger partial charge in [-0.25, -0.2) is 0 Å². The number of anilines is 1. The van der Waals surface area contributed by atoms with Crippen molar-refractivity contribution in [2.24, 2.45) is 5.73 Å². The molecule has 7 heteroatoms.